The van der Waals surface area contributed by atoms with Crippen LogP contribution in [0.2, 0.25) is 0 Å². The Balaban J connectivity index is 2.31. The molecule has 0 aliphatic carbocycles. The summed E-state index contributed by atoms with van der Waals surface area (Å²) in [5.74, 6) is -0.129. The van der Waals surface area contributed by atoms with Gasteiger partial charge in [0.05, 0.1) is 6.54 Å². The molecule has 0 atom stereocenters. The second-order valence-electron chi connectivity index (χ2n) is 2.61. The first-order valence-corrected chi connectivity index (χ1v) is 3.58. The van der Waals surface area contributed by atoms with Gasteiger partial charge < -0.3 is 10.2 Å². The van der Waals surface area contributed by atoms with Gasteiger partial charge in [0.2, 0.25) is 5.91 Å². The lowest BCUT2D eigenvalue weighted by atomic mass is 10.3. The van der Waals surface area contributed by atoms with Crippen molar-refractivity contribution >= 4 is 11.8 Å². The molecule has 0 aromatic rings. The quantitative estimate of drug-likeness (QED) is 0.495. The second kappa shape index (κ2) is 2.08. The number of hydrogen-bond acceptors (Lipinski definition) is 2. The van der Waals surface area contributed by atoms with Crippen LogP contribution in [0.15, 0.2) is 11.8 Å². The first-order chi connectivity index (χ1) is 5.29. The maximum Gasteiger partial charge on any atom is 0.268 e. The molecule has 0 saturated carbocycles. The number of carbonyl (C=O) groups excluding carboxylic acids is 2. The number of amides is 2. The van der Waals surface area contributed by atoms with E-state index >= 15 is 0 Å². The van der Waals surface area contributed by atoms with Crippen molar-refractivity contribution in [2.75, 3.05) is 13.1 Å². The minimum atomic E-state index is -0.123. The van der Waals surface area contributed by atoms with Crippen molar-refractivity contribution < 1.29 is 9.59 Å². The van der Waals surface area contributed by atoms with Gasteiger partial charge in [0.15, 0.2) is 0 Å². The molecule has 0 aromatic heterocycles. The fraction of sp³-hybridized carbons (Fsp3) is 0.429. The lowest BCUT2D eigenvalue weighted by Gasteiger charge is -2.24. The van der Waals surface area contributed by atoms with Crippen LogP contribution in [0.25, 0.3) is 0 Å². The van der Waals surface area contributed by atoms with Crippen LogP contribution in [0.3, 0.4) is 0 Å². The van der Waals surface area contributed by atoms with Crippen LogP contribution < -0.4 is 5.32 Å². The van der Waals surface area contributed by atoms with E-state index in [2.05, 4.69) is 5.32 Å². The van der Waals surface area contributed by atoms with E-state index in [-0.39, 0.29) is 18.4 Å². The molecule has 2 heterocycles. The van der Waals surface area contributed by atoms with Gasteiger partial charge in [-0.3, -0.25) is 9.59 Å². The van der Waals surface area contributed by atoms with Gasteiger partial charge in [0, 0.05) is 6.54 Å². The van der Waals surface area contributed by atoms with Gasteiger partial charge in [-0.15, -0.1) is 0 Å². The average Bonchev–Trinajstić information content (AvgIpc) is 2.45. The molecule has 58 valence electrons. The van der Waals surface area contributed by atoms with E-state index < -0.39 is 0 Å². The van der Waals surface area contributed by atoms with Gasteiger partial charge in [-0.25, -0.2) is 0 Å². The smallest absolute Gasteiger partial charge is 0.268 e. The molecule has 0 radical (unpaired) electrons. The summed E-state index contributed by atoms with van der Waals surface area (Å²) >= 11 is 0. The summed E-state index contributed by atoms with van der Waals surface area (Å²) in [5.41, 5.74) is 0.529. The van der Waals surface area contributed by atoms with Gasteiger partial charge in [-0.05, 0) is 6.42 Å². The number of nitrogens with zero attached hydrogens (tertiary/aromatic N) is 1. The first kappa shape index (κ1) is 6.39. The fourth-order valence-corrected chi connectivity index (χ4v) is 1.38. The maximum absolute atomic E-state index is 11.1. The highest BCUT2D eigenvalue weighted by molar-refractivity contribution is 6.03. The molecule has 0 spiro atoms. The zero-order chi connectivity index (χ0) is 7.84. The van der Waals surface area contributed by atoms with Gasteiger partial charge in [-0.2, -0.15) is 0 Å². The Morgan fingerprint density at radius 3 is 3.00 bits per heavy atom. The number of hydrogen-bond donors (Lipinski definition) is 1. The Kier molecular flexibility index (Phi) is 1.21. The lowest BCUT2D eigenvalue weighted by molar-refractivity contribution is -0.135. The summed E-state index contributed by atoms with van der Waals surface area (Å²) in [5, 5.41) is 2.50. The van der Waals surface area contributed by atoms with Crippen molar-refractivity contribution in [1.29, 1.82) is 0 Å². The van der Waals surface area contributed by atoms with Gasteiger partial charge in [-0.1, -0.05) is 6.08 Å². The summed E-state index contributed by atoms with van der Waals surface area (Å²) in [6.45, 7) is 0.817. The predicted octanol–water partition coefficient (Wildman–Crippen LogP) is -0.768. The van der Waals surface area contributed by atoms with E-state index in [9.17, 15) is 9.59 Å². The molecule has 4 heteroatoms. The molecule has 0 unspecified atom stereocenters. The van der Waals surface area contributed by atoms with Crippen LogP contribution in [-0.2, 0) is 9.59 Å². The highest BCUT2D eigenvalue weighted by atomic mass is 16.2. The van der Waals surface area contributed by atoms with Crippen LogP contribution in [0, 0.1) is 0 Å². The Bertz CT molecular complexity index is 257. The highest BCUT2D eigenvalue weighted by Crippen LogP contribution is 2.17. The van der Waals surface area contributed by atoms with Gasteiger partial charge in [0.1, 0.15) is 5.70 Å². The van der Waals surface area contributed by atoms with Crippen LogP contribution in [0.4, 0.5) is 0 Å². The van der Waals surface area contributed by atoms with E-state index in [4.69, 9.17) is 0 Å². The number of rotatable bonds is 0. The largest absolute Gasteiger partial charge is 0.342 e. The molecule has 11 heavy (non-hydrogen) atoms. The van der Waals surface area contributed by atoms with E-state index in [1.807, 2.05) is 0 Å². The van der Waals surface area contributed by atoms with Crippen LogP contribution in [-0.4, -0.2) is 29.8 Å². The van der Waals surface area contributed by atoms with Crippen molar-refractivity contribution in [2.45, 2.75) is 6.42 Å². The van der Waals surface area contributed by atoms with E-state index in [0.717, 1.165) is 6.42 Å². The summed E-state index contributed by atoms with van der Waals surface area (Å²) in [4.78, 5) is 23.7. The summed E-state index contributed by atoms with van der Waals surface area (Å²) in [6.07, 6.45) is 2.60. The van der Waals surface area contributed by atoms with E-state index in [1.165, 1.54) is 0 Å². The molecule has 0 bridgehead atoms. The van der Waals surface area contributed by atoms with Crippen LogP contribution in [0.5, 0.6) is 0 Å². The second-order valence-corrected chi connectivity index (χ2v) is 2.61. The number of fused-ring (bicyclic) bond motifs is 1. The van der Waals surface area contributed by atoms with Crippen molar-refractivity contribution in [3.8, 4) is 0 Å². The minimum Gasteiger partial charge on any atom is -0.342 e. The molecular formula is C7H8N2O2. The molecule has 0 aromatic carbocycles. The summed E-state index contributed by atoms with van der Waals surface area (Å²) in [7, 11) is 0. The van der Waals surface area contributed by atoms with Gasteiger partial charge >= 0.3 is 0 Å². The molecule has 1 N–H and O–H groups in total. The Morgan fingerprint density at radius 2 is 2.27 bits per heavy atom. The average molecular weight is 152 g/mol. The third-order valence-corrected chi connectivity index (χ3v) is 1.92. The zero-order valence-corrected chi connectivity index (χ0v) is 5.96. The van der Waals surface area contributed by atoms with Crippen molar-refractivity contribution in [3.63, 3.8) is 0 Å². The normalized spacial score (nSPS) is 22.9. The van der Waals surface area contributed by atoms with Crippen molar-refractivity contribution in [2.24, 2.45) is 0 Å². The van der Waals surface area contributed by atoms with Crippen LogP contribution >= 0.6 is 0 Å². The maximum atomic E-state index is 11.1. The molecule has 4 nitrogen and oxygen atoms in total. The Labute approximate surface area is 63.9 Å². The molecule has 1 saturated heterocycles. The first-order valence-electron chi connectivity index (χ1n) is 3.58. The molecule has 2 aliphatic rings. The number of piperazine rings is 1. The van der Waals surface area contributed by atoms with Gasteiger partial charge in [0.25, 0.3) is 5.91 Å². The topological polar surface area (TPSA) is 49.4 Å². The highest BCUT2D eigenvalue weighted by Gasteiger charge is 2.30. The predicted molar refractivity (Wildman–Crippen MR) is 37.4 cm³/mol. The van der Waals surface area contributed by atoms with E-state index in [0.29, 0.717) is 12.2 Å². The summed E-state index contributed by atoms with van der Waals surface area (Å²) in [6, 6.07) is 0. The molecule has 2 aliphatic heterocycles. The lowest BCUT2D eigenvalue weighted by Crippen LogP contribution is -2.48. The Hall–Kier alpha value is -1.32. The van der Waals surface area contributed by atoms with Crippen LogP contribution in [0.1, 0.15) is 6.42 Å². The molecule has 2 rings (SSSR count). The zero-order valence-electron chi connectivity index (χ0n) is 5.96. The number of carbonyl (C=O) groups is 2. The minimum absolute atomic E-state index is 0.00616. The monoisotopic (exact) mass is 152 g/mol. The van der Waals surface area contributed by atoms with E-state index in [1.54, 1.807) is 11.0 Å². The fourth-order valence-electron chi connectivity index (χ4n) is 1.38. The third kappa shape index (κ3) is 0.824. The van der Waals surface area contributed by atoms with Crippen molar-refractivity contribution in [1.82, 2.24) is 10.2 Å². The van der Waals surface area contributed by atoms with Crippen molar-refractivity contribution in [3.05, 3.63) is 11.8 Å². The molecular weight excluding hydrogens is 144 g/mol. The molecule has 2 amide bonds. The number of nitrogens with one attached hydrogen (secondary N) is 1. The molecule has 1 fully saturated rings. The SMILES string of the molecule is O=C1NCC(=O)N2CCC=C12. The summed E-state index contributed by atoms with van der Waals surface area (Å²) < 4.78 is 0. The Morgan fingerprint density at radius 1 is 1.45 bits per heavy atom. The third-order valence-electron chi connectivity index (χ3n) is 1.92. The standard InChI is InChI=1S/C7H8N2O2/c10-6-4-8-7(11)5-2-1-3-9(5)6/h2H,1,3-4H2,(H,8,11).